The van der Waals surface area contributed by atoms with Crippen molar-refractivity contribution in [3.05, 3.63) is 231 Å². The SMILES string of the molecule is c1ccc(-c2ccc(N(c3ccc(-c4cc(-c5ccccc5)cc(-n5c6ccccc6c6ccccc65)c4)cc3)c3cc4c5c(cccc5c3)-c3ccccc3-4)cc2)cc1. The van der Waals surface area contributed by atoms with Gasteiger partial charge in [0.25, 0.3) is 0 Å². The summed E-state index contributed by atoms with van der Waals surface area (Å²) in [6.07, 6.45) is 0. The monoisotopic (exact) mass is 762 g/mol. The summed E-state index contributed by atoms with van der Waals surface area (Å²) >= 11 is 0. The van der Waals surface area contributed by atoms with Gasteiger partial charge in [0.2, 0.25) is 0 Å². The molecule has 1 heterocycles. The van der Waals surface area contributed by atoms with Gasteiger partial charge in [0.05, 0.1) is 11.0 Å². The molecular formula is C58H38N2. The molecule has 0 radical (unpaired) electrons. The third-order valence-electron chi connectivity index (χ3n) is 12.3. The fourth-order valence-electron chi connectivity index (χ4n) is 9.52. The van der Waals surface area contributed by atoms with Crippen LogP contribution in [0.2, 0.25) is 0 Å². The van der Waals surface area contributed by atoms with E-state index in [9.17, 15) is 0 Å². The van der Waals surface area contributed by atoms with Crippen LogP contribution in [0.25, 0.3) is 93.9 Å². The lowest BCUT2D eigenvalue weighted by molar-refractivity contribution is 1.18. The molecular weight excluding hydrogens is 725 g/mol. The van der Waals surface area contributed by atoms with Gasteiger partial charge in [-0.05, 0) is 133 Å². The Morgan fingerprint density at radius 3 is 1.35 bits per heavy atom. The van der Waals surface area contributed by atoms with Crippen molar-refractivity contribution in [2.75, 3.05) is 4.90 Å². The van der Waals surface area contributed by atoms with Crippen LogP contribution in [0, 0.1) is 0 Å². The molecule has 0 unspecified atom stereocenters. The molecule has 2 nitrogen and oxygen atoms in total. The van der Waals surface area contributed by atoms with Crippen molar-refractivity contribution >= 4 is 49.6 Å². The molecule has 0 amide bonds. The molecule has 0 N–H and O–H groups in total. The van der Waals surface area contributed by atoms with Crippen molar-refractivity contribution in [1.29, 1.82) is 0 Å². The second kappa shape index (κ2) is 13.9. The number of rotatable bonds is 7. The Morgan fingerprint density at radius 2 is 0.750 bits per heavy atom. The molecule has 0 saturated carbocycles. The highest BCUT2D eigenvalue weighted by molar-refractivity contribution is 6.16. The van der Waals surface area contributed by atoms with E-state index in [1.807, 2.05) is 0 Å². The van der Waals surface area contributed by atoms with E-state index in [4.69, 9.17) is 0 Å². The van der Waals surface area contributed by atoms with Crippen molar-refractivity contribution in [2.24, 2.45) is 0 Å². The summed E-state index contributed by atoms with van der Waals surface area (Å²) in [4.78, 5) is 2.41. The van der Waals surface area contributed by atoms with Gasteiger partial charge in [-0.1, -0.05) is 164 Å². The number of aromatic nitrogens is 1. The van der Waals surface area contributed by atoms with Gasteiger partial charge in [0, 0.05) is 33.5 Å². The molecule has 2 heteroatoms. The minimum atomic E-state index is 1.10. The van der Waals surface area contributed by atoms with Gasteiger partial charge in [-0.2, -0.15) is 0 Å². The second-order valence-electron chi connectivity index (χ2n) is 15.7. The van der Waals surface area contributed by atoms with Gasteiger partial charge in [-0.25, -0.2) is 0 Å². The van der Waals surface area contributed by atoms with Gasteiger partial charge in [0.1, 0.15) is 0 Å². The molecule has 11 aromatic rings. The molecule has 10 aromatic carbocycles. The minimum absolute atomic E-state index is 1.10. The largest absolute Gasteiger partial charge is 0.310 e. The first-order valence-electron chi connectivity index (χ1n) is 20.7. The zero-order chi connectivity index (χ0) is 39.6. The number of hydrogen-bond donors (Lipinski definition) is 0. The van der Waals surface area contributed by atoms with Crippen LogP contribution in [0.4, 0.5) is 17.1 Å². The summed E-state index contributed by atoms with van der Waals surface area (Å²) in [5, 5.41) is 5.09. The molecule has 1 aliphatic rings. The highest BCUT2D eigenvalue weighted by Gasteiger charge is 2.24. The number of para-hydroxylation sites is 2. The lowest BCUT2D eigenvalue weighted by Gasteiger charge is -2.27. The number of anilines is 3. The second-order valence-corrected chi connectivity index (χ2v) is 15.7. The van der Waals surface area contributed by atoms with Crippen LogP contribution in [0.15, 0.2) is 231 Å². The molecule has 1 aliphatic carbocycles. The average molecular weight is 763 g/mol. The summed E-state index contributed by atoms with van der Waals surface area (Å²) in [6, 6.07) is 84.2. The minimum Gasteiger partial charge on any atom is -0.310 e. The standard InChI is InChI=1S/C58H38N2/c1-3-14-39(15-4-1)41-26-30-46(31-27-41)59(49-35-43-18-13-23-54-50-19-7-8-20-51(50)55(38-49)58(43)54)47-32-28-42(29-33-47)45-34-44(40-16-5-2-6-17-40)36-48(37-45)60-56-24-11-9-21-52(56)53-22-10-12-25-57(53)60/h1-38H. The Hall–Kier alpha value is -7.94. The first-order chi connectivity index (χ1) is 29.7. The van der Waals surface area contributed by atoms with Gasteiger partial charge in [-0.15, -0.1) is 0 Å². The van der Waals surface area contributed by atoms with Crippen molar-refractivity contribution in [2.45, 2.75) is 0 Å². The van der Waals surface area contributed by atoms with E-state index in [2.05, 4.69) is 240 Å². The maximum atomic E-state index is 2.42. The number of benzene rings is 10. The van der Waals surface area contributed by atoms with Gasteiger partial charge < -0.3 is 9.47 Å². The fraction of sp³-hybridized carbons (Fsp3) is 0. The maximum Gasteiger partial charge on any atom is 0.0541 e. The molecule has 12 rings (SSSR count). The van der Waals surface area contributed by atoms with Gasteiger partial charge >= 0.3 is 0 Å². The highest BCUT2D eigenvalue weighted by atomic mass is 15.1. The summed E-state index contributed by atoms with van der Waals surface area (Å²) in [5.41, 5.74) is 19.2. The number of hydrogen-bond acceptors (Lipinski definition) is 1. The summed E-state index contributed by atoms with van der Waals surface area (Å²) < 4.78 is 2.42. The maximum absolute atomic E-state index is 2.42. The quantitative estimate of drug-likeness (QED) is 0.157. The molecule has 0 saturated heterocycles. The first-order valence-corrected chi connectivity index (χ1v) is 20.7. The van der Waals surface area contributed by atoms with Crippen LogP contribution in [0.3, 0.4) is 0 Å². The number of fused-ring (bicyclic) bond motifs is 6. The summed E-state index contributed by atoms with van der Waals surface area (Å²) in [6.45, 7) is 0. The van der Waals surface area contributed by atoms with E-state index in [1.54, 1.807) is 0 Å². The van der Waals surface area contributed by atoms with Crippen molar-refractivity contribution in [1.82, 2.24) is 4.57 Å². The normalized spacial score (nSPS) is 11.7. The topological polar surface area (TPSA) is 8.17 Å². The zero-order valence-corrected chi connectivity index (χ0v) is 32.8. The molecule has 1 aromatic heterocycles. The third-order valence-corrected chi connectivity index (χ3v) is 12.3. The zero-order valence-electron chi connectivity index (χ0n) is 32.8. The summed E-state index contributed by atoms with van der Waals surface area (Å²) in [7, 11) is 0. The lowest BCUT2D eigenvalue weighted by atomic mass is 9.97. The molecule has 280 valence electrons. The molecule has 0 atom stereocenters. The molecule has 0 fully saturated rings. The average Bonchev–Trinajstić information content (AvgIpc) is 3.84. The van der Waals surface area contributed by atoms with Crippen LogP contribution < -0.4 is 4.90 Å². The highest BCUT2D eigenvalue weighted by Crippen LogP contribution is 2.50. The summed E-state index contributed by atoms with van der Waals surface area (Å²) in [5.74, 6) is 0. The van der Waals surface area contributed by atoms with Gasteiger partial charge in [0.15, 0.2) is 0 Å². The van der Waals surface area contributed by atoms with E-state index in [-0.39, 0.29) is 0 Å². The molecule has 60 heavy (non-hydrogen) atoms. The van der Waals surface area contributed by atoms with E-state index >= 15 is 0 Å². The van der Waals surface area contributed by atoms with Crippen LogP contribution >= 0.6 is 0 Å². The molecule has 0 spiro atoms. The van der Waals surface area contributed by atoms with Crippen LogP contribution in [-0.4, -0.2) is 4.57 Å². The van der Waals surface area contributed by atoms with Gasteiger partial charge in [-0.3, -0.25) is 0 Å². The lowest BCUT2D eigenvalue weighted by Crippen LogP contribution is -2.10. The van der Waals surface area contributed by atoms with Crippen molar-refractivity contribution in [3.63, 3.8) is 0 Å². The Kier molecular flexibility index (Phi) is 7.89. The van der Waals surface area contributed by atoms with E-state index in [0.29, 0.717) is 0 Å². The van der Waals surface area contributed by atoms with E-state index in [1.165, 1.54) is 82.6 Å². The Labute approximate surface area is 349 Å². The number of nitrogens with zero attached hydrogens (tertiary/aromatic N) is 2. The van der Waals surface area contributed by atoms with Crippen LogP contribution in [0.1, 0.15) is 0 Å². The Balaban J connectivity index is 1.01. The first kappa shape index (κ1) is 34.1. The Morgan fingerprint density at radius 1 is 0.283 bits per heavy atom. The van der Waals surface area contributed by atoms with E-state index < -0.39 is 0 Å². The predicted molar refractivity (Wildman–Crippen MR) is 254 cm³/mol. The van der Waals surface area contributed by atoms with Crippen LogP contribution in [-0.2, 0) is 0 Å². The Bertz CT molecular complexity index is 3340. The predicted octanol–water partition coefficient (Wildman–Crippen LogP) is 16.1. The van der Waals surface area contributed by atoms with Crippen molar-refractivity contribution in [3.8, 4) is 61.3 Å². The molecule has 0 bridgehead atoms. The smallest absolute Gasteiger partial charge is 0.0541 e. The fourth-order valence-corrected chi connectivity index (χ4v) is 9.52. The van der Waals surface area contributed by atoms with Crippen molar-refractivity contribution < 1.29 is 0 Å². The molecule has 0 aliphatic heterocycles. The van der Waals surface area contributed by atoms with E-state index in [0.717, 1.165) is 28.3 Å². The third kappa shape index (κ3) is 5.57. The van der Waals surface area contributed by atoms with Crippen LogP contribution in [0.5, 0.6) is 0 Å².